The Morgan fingerprint density at radius 3 is 3.06 bits per heavy atom. The summed E-state index contributed by atoms with van der Waals surface area (Å²) < 4.78 is 0. The second-order valence-corrected chi connectivity index (χ2v) is 4.94. The molecule has 2 aliphatic rings. The van der Waals surface area contributed by atoms with Crippen LogP contribution in [-0.4, -0.2) is 54.6 Å². The van der Waals surface area contributed by atoms with E-state index in [1.165, 1.54) is 32.4 Å². The largest absolute Gasteiger partial charge is 0.298 e. The van der Waals surface area contributed by atoms with Gasteiger partial charge >= 0.3 is 0 Å². The van der Waals surface area contributed by atoms with Gasteiger partial charge in [-0.2, -0.15) is 0 Å². The summed E-state index contributed by atoms with van der Waals surface area (Å²) in [6.45, 7) is 7.41. The summed E-state index contributed by atoms with van der Waals surface area (Å²) in [7, 11) is 0. The second-order valence-electron chi connectivity index (χ2n) is 4.94. The maximum atomic E-state index is 8.28. The minimum absolute atomic E-state index is 0.600. The van der Waals surface area contributed by atoms with Crippen molar-refractivity contribution in [2.75, 3.05) is 32.7 Å². The highest BCUT2D eigenvalue weighted by Crippen LogP contribution is 2.23. The van der Waals surface area contributed by atoms with Gasteiger partial charge in [0.05, 0.1) is 0 Å². The molecule has 2 atom stereocenters. The van der Waals surface area contributed by atoms with Gasteiger partial charge in [0.15, 0.2) is 0 Å². The lowest BCUT2D eigenvalue weighted by Crippen LogP contribution is -2.58. The first-order valence-corrected chi connectivity index (χ1v) is 6.30. The Morgan fingerprint density at radius 1 is 1.38 bits per heavy atom. The predicted molar refractivity (Wildman–Crippen MR) is 64.3 cm³/mol. The SMILES string of the molecule is CC1CN2CCCCC2CN1CCN=[N+]=[N-]. The number of piperazine rings is 1. The molecule has 0 saturated carbocycles. The quantitative estimate of drug-likeness (QED) is 0.416. The molecule has 0 amide bonds. The van der Waals surface area contributed by atoms with Crippen LogP contribution in [0.15, 0.2) is 5.11 Å². The van der Waals surface area contributed by atoms with E-state index >= 15 is 0 Å². The van der Waals surface area contributed by atoms with Crippen molar-refractivity contribution in [3.8, 4) is 0 Å². The van der Waals surface area contributed by atoms with Crippen LogP contribution >= 0.6 is 0 Å². The fourth-order valence-electron chi connectivity index (χ4n) is 2.94. The monoisotopic (exact) mass is 223 g/mol. The summed E-state index contributed by atoms with van der Waals surface area (Å²) in [5.41, 5.74) is 8.28. The summed E-state index contributed by atoms with van der Waals surface area (Å²) >= 11 is 0. The van der Waals surface area contributed by atoms with Crippen LogP contribution in [0.5, 0.6) is 0 Å². The van der Waals surface area contributed by atoms with Gasteiger partial charge in [-0.25, -0.2) is 0 Å². The molecule has 90 valence electrons. The smallest absolute Gasteiger partial charge is 0.0385 e. The summed E-state index contributed by atoms with van der Waals surface area (Å²) in [5, 5.41) is 3.63. The average Bonchev–Trinajstić information content (AvgIpc) is 2.30. The second kappa shape index (κ2) is 5.53. The number of hydrogen-bond acceptors (Lipinski definition) is 3. The van der Waals surface area contributed by atoms with Crippen molar-refractivity contribution in [1.82, 2.24) is 9.80 Å². The molecule has 2 unspecified atom stereocenters. The maximum absolute atomic E-state index is 8.28. The number of fused-ring (bicyclic) bond motifs is 1. The van der Waals surface area contributed by atoms with Crippen LogP contribution in [0.4, 0.5) is 0 Å². The van der Waals surface area contributed by atoms with Crippen LogP contribution in [0.3, 0.4) is 0 Å². The van der Waals surface area contributed by atoms with Gasteiger partial charge in [0.25, 0.3) is 0 Å². The van der Waals surface area contributed by atoms with Crippen LogP contribution in [0, 0.1) is 0 Å². The van der Waals surface area contributed by atoms with Crippen molar-refractivity contribution in [2.24, 2.45) is 5.11 Å². The summed E-state index contributed by atoms with van der Waals surface area (Å²) in [6.07, 6.45) is 4.08. The van der Waals surface area contributed by atoms with E-state index in [1.807, 2.05) is 0 Å². The first-order chi connectivity index (χ1) is 7.81. The van der Waals surface area contributed by atoms with Crippen LogP contribution in [0.2, 0.25) is 0 Å². The third kappa shape index (κ3) is 2.67. The molecule has 0 aromatic rings. The van der Waals surface area contributed by atoms with E-state index in [-0.39, 0.29) is 0 Å². The van der Waals surface area contributed by atoms with Gasteiger partial charge in [-0.1, -0.05) is 11.5 Å². The Labute approximate surface area is 97.0 Å². The van der Waals surface area contributed by atoms with Crippen molar-refractivity contribution in [3.05, 3.63) is 10.4 Å². The van der Waals surface area contributed by atoms with Gasteiger partial charge in [0.2, 0.25) is 0 Å². The average molecular weight is 223 g/mol. The molecular formula is C11H21N5. The van der Waals surface area contributed by atoms with Gasteiger partial charge in [-0.05, 0) is 31.8 Å². The fourth-order valence-corrected chi connectivity index (χ4v) is 2.94. The van der Waals surface area contributed by atoms with E-state index in [1.54, 1.807) is 0 Å². The Bertz CT molecular complexity index is 274. The van der Waals surface area contributed by atoms with Crippen LogP contribution < -0.4 is 0 Å². The highest BCUT2D eigenvalue weighted by molar-refractivity contribution is 4.89. The molecule has 2 fully saturated rings. The zero-order valence-corrected chi connectivity index (χ0v) is 10.0. The molecule has 0 radical (unpaired) electrons. The number of azide groups is 1. The van der Waals surface area contributed by atoms with E-state index in [0.717, 1.165) is 19.1 Å². The highest BCUT2D eigenvalue weighted by Gasteiger charge is 2.32. The van der Waals surface area contributed by atoms with Crippen LogP contribution in [-0.2, 0) is 0 Å². The van der Waals surface area contributed by atoms with E-state index < -0.39 is 0 Å². The number of nitrogens with zero attached hydrogens (tertiary/aromatic N) is 5. The minimum Gasteiger partial charge on any atom is -0.298 e. The predicted octanol–water partition coefficient (Wildman–Crippen LogP) is 1.86. The zero-order valence-electron chi connectivity index (χ0n) is 10.0. The minimum atomic E-state index is 0.600. The summed E-state index contributed by atoms with van der Waals surface area (Å²) in [4.78, 5) is 7.93. The number of rotatable bonds is 3. The molecule has 0 aromatic heterocycles. The Balaban J connectivity index is 1.87. The Kier molecular flexibility index (Phi) is 4.04. The van der Waals surface area contributed by atoms with Crippen molar-refractivity contribution in [2.45, 2.75) is 38.3 Å². The standard InChI is InChI=1S/C11H21N5/c1-10-8-16-6-3-2-4-11(16)9-15(10)7-5-13-14-12/h10-11H,2-9H2,1H3. The molecule has 2 rings (SSSR count). The third-order valence-electron chi connectivity index (χ3n) is 3.87. The molecule has 0 aromatic carbocycles. The van der Waals surface area contributed by atoms with E-state index in [2.05, 4.69) is 26.7 Å². The Morgan fingerprint density at radius 2 is 2.25 bits per heavy atom. The Hall–Kier alpha value is -0.770. The van der Waals surface area contributed by atoms with E-state index in [4.69, 9.17) is 5.53 Å². The van der Waals surface area contributed by atoms with Crippen LogP contribution in [0.1, 0.15) is 26.2 Å². The summed E-state index contributed by atoms with van der Waals surface area (Å²) in [6, 6.07) is 1.35. The molecule has 2 saturated heterocycles. The molecule has 0 N–H and O–H groups in total. The molecular weight excluding hydrogens is 202 g/mol. The van der Waals surface area contributed by atoms with Gasteiger partial charge < -0.3 is 0 Å². The normalized spacial score (nSPS) is 31.8. The van der Waals surface area contributed by atoms with Gasteiger partial charge in [-0.3, -0.25) is 9.80 Å². The van der Waals surface area contributed by atoms with Crippen molar-refractivity contribution < 1.29 is 0 Å². The number of hydrogen-bond donors (Lipinski definition) is 0. The van der Waals surface area contributed by atoms with Crippen LogP contribution in [0.25, 0.3) is 10.4 Å². The third-order valence-corrected chi connectivity index (χ3v) is 3.87. The molecule has 2 heterocycles. The molecule has 2 aliphatic heterocycles. The first kappa shape index (κ1) is 11.7. The van der Waals surface area contributed by atoms with Crippen molar-refractivity contribution in [3.63, 3.8) is 0 Å². The first-order valence-electron chi connectivity index (χ1n) is 6.30. The van der Waals surface area contributed by atoms with Crippen molar-refractivity contribution in [1.29, 1.82) is 0 Å². The molecule has 0 aliphatic carbocycles. The number of piperidine rings is 1. The maximum Gasteiger partial charge on any atom is 0.0385 e. The lowest BCUT2D eigenvalue weighted by atomic mass is 9.97. The van der Waals surface area contributed by atoms with Gasteiger partial charge in [0.1, 0.15) is 0 Å². The summed E-state index contributed by atoms with van der Waals surface area (Å²) in [5.74, 6) is 0. The molecule has 5 nitrogen and oxygen atoms in total. The van der Waals surface area contributed by atoms with E-state index in [0.29, 0.717) is 12.6 Å². The zero-order chi connectivity index (χ0) is 11.4. The molecule has 0 bridgehead atoms. The molecule has 0 spiro atoms. The fraction of sp³-hybridized carbons (Fsp3) is 1.00. The molecule has 5 heteroatoms. The van der Waals surface area contributed by atoms with E-state index in [9.17, 15) is 0 Å². The topological polar surface area (TPSA) is 55.2 Å². The lowest BCUT2D eigenvalue weighted by molar-refractivity contribution is 0.0171. The lowest BCUT2D eigenvalue weighted by Gasteiger charge is -2.47. The highest BCUT2D eigenvalue weighted by atomic mass is 15.3. The molecule has 16 heavy (non-hydrogen) atoms. The van der Waals surface area contributed by atoms with Gasteiger partial charge in [0, 0.05) is 43.2 Å². The van der Waals surface area contributed by atoms with Gasteiger partial charge in [-0.15, -0.1) is 0 Å². The van der Waals surface area contributed by atoms with Crippen molar-refractivity contribution >= 4 is 0 Å².